The molecule has 10 heteroatoms. The molecule has 0 saturated carbocycles. The lowest BCUT2D eigenvalue weighted by Crippen LogP contribution is -2.51. The number of nitrogens with one attached hydrogen (secondary N) is 1. The lowest BCUT2D eigenvalue weighted by atomic mass is 9.92. The molecule has 5 heterocycles. The first-order chi connectivity index (χ1) is 21.7. The van der Waals surface area contributed by atoms with Crippen LogP contribution >= 0.6 is 11.6 Å². The van der Waals surface area contributed by atoms with Crippen LogP contribution in [0.2, 0.25) is 0 Å². The number of aryl methyl sites for hydroxylation is 1. The minimum Gasteiger partial charge on any atom is -0.508 e. The van der Waals surface area contributed by atoms with Gasteiger partial charge < -0.3 is 15.3 Å². The van der Waals surface area contributed by atoms with Crippen molar-refractivity contribution in [1.82, 2.24) is 20.2 Å². The highest BCUT2D eigenvalue weighted by atomic mass is 35.5. The molecule has 0 radical (unpaired) electrons. The number of hydrogen-bond acceptors (Lipinski definition) is 6. The summed E-state index contributed by atoms with van der Waals surface area (Å²) in [6.45, 7) is 4.41. The zero-order chi connectivity index (χ0) is 31.0. The lowest BCUT2D eigenvalue weighted by molar-refractivity contribution is 0.243. The van der Waals surface area contributed by atoms with Gasteiger partial charge in [-0.1, -0.05) is 36.7 Å². The van der Waals surface area contributed by atoms with E-state index in [-0.39, 0.29) is 45.7 Å². The highest BCUT2D eigenvalue weighted by molar-refractivity contribution is 6.32. The number of anilines is 1. The third-order valence-corrected chi connectivity index (χ3v) is 10.9. The van der Waals surface area contributed by atoms with Crippen LogP contribution in [0, 0.1) is 11.6 Å². The van der Waals surface area contributed by atoms with Crippen LogP contribution in [0.25, 0.3) is 38.9 Å². The van der Waals surface area contributed by atoms with E-state index in [0.717, 1.165) is 37.8 Å². The zero-order valence-electron chi connectivity index (χ0n) is 25.1. The van der Waals surface area contributed by atoms with E-state index in [0.29, 0.717) is 54.1 Å². The SMILES string of the molecule is CCc1cccc2cc(O)cc(-c3c(F)cc4c(N5CC6CCC(C5)N6)nc(/C=C(\Cl)[C@@]56CCCN5C[C@H](F)C6)nc4c3F)c12. The smallest absolute Gasteiger partial charge is 0.160 e. The average molecular weight is 634 g/mol. The molecule has 4 fully saturated rings. The molecule has 2 bridgehead atoms. The second kappa shape index (κ2) is 10.9. The molecule has 3 aromatic carbocycles. The maximum Gasteiger partial charge on any atom is 0.160 e. The number of phenolic OH excluding ortho intramolecular Hbond substituents is 1. The van der Waals surface area contributed by atoms with Gasteiger partial charge in [0.2, 0.25) is 0 Å². The molecular weight excluding hydrogens is 599 g/mol. The Morgan fingerprint density at radius 1 is 1.13 bits per heavy atom. The first kappa shape index (κ1) is 29.0. The van der Waals surface area contributed by atoms with Gasteiger partial charge in [-0.3, -0.25) is 4.90 Å². The predicted octanol–water partition coefficient (Wildman–Crippen LogP) is 7.09. The van der Waals surface area contributed by atoms with E-state index in [9.17, 15) is 9.50 Å². The van der Waals surface area contributed by atoms with Crippen molar-refractivity contribution >= 4 is 45.2 Å². The number of fused-ring (bicyclic) bond motifs is 5. The summed E-state index contributed by atoms with van der Waals surface area (Å²) >= 11 is 7.00. The van der Waals surface area contributed by atoms with Gasteiger partial charge in [-0.15, -0.1) is 0 Å². The zero-order valence-corrected chi connectivity index (χ0v) is 25.8. The molecule has 0 spiro atoms. The van der Waals surface area contributed by atoms with E-state index in [1.165, 1.54) is 12.1 Å². The van der Waals surface area contributed by atoms with Gasteiger partial charge in [0.15, 0.2) is 11.6 Å². The molecule has 1 aromatic heterocycles. The number of aromatic hydroxyl groups is 1. The number of alkyl halides is 1. The summed E-state index contributed by atoms with van der Waals surface area (Å²) < 4.78 is 47.8. The molecule has 4 aliphatic heterocycles. The number of phenols is 1. The fourth-order valence-electron chi connectivity index (χ4n) is 8.42. The van der Waals surface area contributed by atoms with Crippen LogP contribution in [-0.4, -0.2) is 69.9 Å². The van der Waals surface area contributed by atoms with Crippen molar-refractivity contribution in [2.24, 2.45) is 0 Å². The normalized spacial score (nSPS) is 26.8. The number of hydrogen-bond donors (Lipinski definition) is 2. The van der Waals surface area contributed by atoms with E-state index in [4.69, 9.17) is 16.6 Å². The van der Waals surface area contributed by atoms with Crippen LogP contribution in [0.3, 0.4) is 0 Å². The molecule has 2 N–H and O–H groups in total. The Morgan fingerprint density at radius 3 is 2.71 bits per heavy atom. The number of rotatable bonds is 5. The van der Waals surface area contributed by atoms with Crippen LogP contribution in [0.5, 0.6) is 5.75 Å². The Bertz CT molecular complexity index is 1870. The van der Waals surface area contributed by atoms with Gasteiger partial charge in [-0.25, -0.2) is 23.1 Å². The Balaban J connectivity index is 1.35. The Kier molecular flexibility index (Phi) is 7.00. The Hall–Kier alpha value is -3.40. The number of halogens is 4. The second-order valence-electron chi connectivity index (χ2n) is 13.1. The molecule has 4 saturated heterocycles. The lowest BCUT2D eigenvalue weighted by Gasteiger charge is -2.34. The standard InChI is InChI=1S/C35H35ClF3N5O/c1-2-19-5-3-6-20-11-24(45)12-25(30(19)20)31-27(38)13-26-33(32(31)39)41-29(42-34(26)43-17-22-7-8-23(18-43)40-22)14-28(36)35-9-4-10-44(35)16-21(37)15-35/h3,5-6,11-14,21-23,40,45H,2,4,7-10,15-18H2,1H3/b28-14-/t21-,22?,23?,35+/m1/s1. The molecule has 45 heavy (non-hydrogen) atoms. The van der Waals surface area contributed by atoms with Crippen LogP contribution < -0.4 is 10.2 Å². The maximum absolute atomic E-state index is 17.0. The van der Waals surface area contributed by atoms with Crippen LogP contribution in [0.15, 0.2) is 41.4 Å². The van der Waals surface area contributed by atoms with E-state index in [2.05, 4.69) is 20.1 Å². The molecule has 0 amide bonds. The van der Waals surface area contributed by atoms with Crippen molar-refractivity contribution in [3.05, 3.63) is 64.5 Å². The summed E-state index contributed by atoms with van der Waals surface area (Å²) in [5, 5.41) is 16.3. The van der Waals surface area contributed by atoms with Gasteiger partial charge in [0.25, 0.3) is 0 Å². The van der Waals surface area contributed by atoms with Gasteiger partial charge in [-0.2, -0.15) is 0 Å². The maximum atomic E-state index is 17.0. The molecule has 0 aliphatic carbocycles. The predicted molar refractivity (Wildman–Crippen MR) is 172 cm³/mol. The monoisotopic (exact) mass is 633 g/mol. The van der Waals surface area contributed by atoms with E-state index >= 15 is 8.78 Å². The molecule has 4 aromatic rings. The van der Waals surface area contributed by atoms with Gasteiger partial charge in [0, 0.05) is 48.6 Å². The van der Waals surface area contributed by atoms with Crippen molar-refractivity contribution in [3.8, 4) is 16.9 Å². The first-order valence-corrected chi connectivity index (χ1v) is 16.3. The number of nitrogens with zero attached hydrogens (tertiary/aromatic N) is 4. The summed E-state index contributed by atoms with van der Waals surface area (Å²) in [6.07, 6.45) is 5.35. The van der Waals surface area contributed by atoms with Crippen LogP contribution in [0.1, 0.15) is 50.4 Å². The van der Waals surface area contributed by atoms with Gasteiger partial charge in [0.1, 0.15) is 29.1 Å². The number of piperazine rings is 1. The van der Waals surface area contributed by atoms with Gasteiger partial charge in [0.05, 0.1) is 11.1 Å². The summed E-state index contributed by atoms with van der Waals surface area (Å²) in [7, 11) is 0. The summed E-state index contributed by atoms with van der Waals surface area (Å²) in [5.41, 5.74) is 0.317. The molecule has 234 valence electrons. The Labute approximate surface area is 264 Å². The fraction of sp³-hybridized carbons (Fsp3) is 0.429. The van der Waals surface area contributed by atoms with E-state index in [1.807, 2.05) is 25.1 Å². The van der Waals surface area contributed by atoms with Crippen molar-refractivity contribution in [2.75, 3.05) is 31.1 Å². The third-order valence-electron chi connectivity index (χ3n) is 10.4. The highest BCUT2D eigenvalue weighted by Gasteiger charge is 2.50. The highest BCUT2D eigenvalue weighted by Crippen LogP contribution is 2.47. The molecule has 4 atom stereocenters. The molecular formula is C35H35ClF3N5O. The van der Waals surface area contributed by atoms with Gasteiger partial charge >= 0.3 is 0 Å². The Morgan fingerprint density at radius 2 is 1.93 bits per heavy atom. The first-order valence-electron chi connectivity index (χ1n) is 16.0. The fourth-order valence-corrected chi connectivity index (χ4v) is 8.81. The average Bonchev–Trinajstić information content (AvgIpc) is 3.67. The minimum atomic E-state index is -0.968. The quantitative estimate of drug-likeness (QED) is 0.245. The summed E-state index contributed by atoms with van der Waals surface area (Å²) in [5.74, 6) is -0.974. The van der Waals surface area contributed by atoms with E-state index < -0.39 is 23.3 Å². The third kappa shape index (κ3) is 4.69. The van der Waals surface area contributed by atoms with E-state index in [1.54, 1.807) is 12.1 Å². The molecule has 6 nitrogen and oxygen atoms in total. The van der Waals surface area contributed by atoms with Crippen molar-refractivity contribution in [2.45, 2.75) is 69.2 Å². The number of aromatic nitrogens is 2. The minimum absolute atomic E-state index is 0.0148. The van der Waals surface area contributed by atoms with Crippen molar-refractivity contribution in [1.29, 1.82) is 0 Å². The largest absolute Gasteiger partial charge is 0.508 e. The van der Waals surface area contributed by atoms with Crippen LogP contribution in [0.4, 0.5) is 19.0 Å². The molecule has 4 aliphatic rings. The summed E-state index contributed by atoms with van der Waals surface area (Å²) in [6, 6.07) is 10.5. The topological polar surface area (TPSA) is 64.5 Å². The summed E-state index contributed by atoms with van der Waals surface area (Å²) in [4.78, 5) is 13.7. The van der Waals surface area contributed by atoms with Gasteiger partial charge in [-0.05, 0) is 84.8 Å². The molecule has 2 unspecified atom stereocenters. The van der Waals surface area contributed by atoms with Crippen molar-refractivity contribution < 1.29 is 18.3 Å². The molecule has 8 rings (SSSR count). The number of benzene rings is 3. The second-order valence-corrected chi connectivity index (χ2v) is 13.5. The van der Waals surface area contributed by atoms with Crippen molar-refractivity contribution in [3.63, 3.8) is 0 Å². The van der Waals surface area contributed by atoms with Crippen LogP contribution in [-0.2, 0) is 6.42 Å².